The Morgan fingerprint density at radius 1 is 0.889 bits per heavy atom. The largest absolute Gasteiger partial charge is 0.748 e. The van der Waals surface area contributed by atoms with Crippen molar-refractivity contribution in [3.05, 3.63) is 94.7 Å². The summed E-state index contributed by atoms with van der Waals surface area (Å²) in [7, 11) is -8.72. The van der Waals surface area contributed by atoms with E-state index in [2.05, 4.69) is 24.8 Å². The Bertz CT molecular complexity index is 1850. The molecule has 2 aromatic carbocycles. The lowest BCUT2D eigenvalue weighted by atomic mass is 9.81. The number of aromatic carboxylic acids is 1. The Labute approximate surface area is 265 Å². The van der Waals surface area contributed by atoms with Gasteiger partial charge in [-0.2, -0.15) is 4.58 Å². The molecule has 0 amide bonds. The molecule has 1 N–H and O–H groups in total. The molecule has 45 heavy (non-hydrogen) atoms. The lowest BCUT2D eigenvalue weighted by molar-refractivity contribution is -0.437. The molecule has 2 aliphatic heterocycles. The summed E-state index contributed by atoms with van der Waals surface area (Å²) in [4.78, 5) is 13.7. The standard InChI is InChI=1S/C33H40N2O8S2/c1-23-13-15-27-25(21-23)32(2,3)29(34(27)17-9-19-44(38,39)40)11-7-6-8-12-30-33(4,5)26-22-24(31(36)37)14-16-28(26)35(30)18-10-20-45(41,42)43/h6-8,11-16,21-22H,9-10,17-20H2,1-5H3,(H2-,36,37,38,39,40,41,42,43)/p-1. The molecule has 0 aromatic heterocycles. The highest BCUT2D eigenvalue weighted by molar-refractivity contribution is 7.85. The lowest BCUT2D eigenvalue weighted by Gasteiger charge is -2.27. The molecule has 0 fully saturated rings. The zero-order valence-corrected chi connectivity index (χ0v) is 27.7. The van der Waals surface area contributed by atoms with Crippen molar-refractivity contribution in [3.63, 3.8) is 0 Å². The van der Waals surface area contributed by atoms with Crippen molar-refractivity contribution in [2.75, 3.05) is 29.5 Å². The zero-order valence-electron chi connectivity index (χ0n) is 26.1. The maximum absolute atomic E-state index is 11.7. The van der Waals surface area contributed by atoms with Crippen LogP contribution in [0, 0.1) is 6.92 Å². The maximum atomic E-state index is 11.7. The molecule has 2 heterocycles. The minimum Gasteiger partial charge on any atom is -0.748 e. The fraction of sp³-hybridized carbons (Fsp3) is 0.394. The molecule has 0 radical (unpaired) electrons. The molecule has 0 atom stereocenters. The molecule has 2 aliphatic rings. The summed E-state index contributed by atoms with van der Waals surface area (Å²) < 4.78 is 69.6. The van der Waals surface area contributed by atoms with E-state index in [4.69, 9.17) is 0 Å². The van der Waals surface area contributed by atoms with Gasteiger partial charge in [0, 0.05) is 59.0 Å². The Balaban J connectivity index is 1.66. The Hall–Kier alpha value is -3.58. The van der Waals surface area contributed by atoms with Gasteiger partial charge in [-0.3, -0.25) is 0 Å². The first kappa shape index (κ1) is 34.3. The van der Waals surface area contributed by atoms with Crippen LogP contribution in [0.1, 0.15) is 67.6 Å². The van der Waals surface area contributed by atoms with Gasteiger partial charge in [0.1, 0.15) is 6.54 Å². The Morgan fingerprint density at radius 3 is 2.20 bits per heavy atom. The number of fused-ring (bicyclic) bond motifs is 2. The number of carboxylic acid groups (broad SMARTS) is 1. The first-order valence-corrected chi connectivity index (χ1v) is 17.8. The summed E-state index contributed by atoms with van der Waals surface area (Å²) in [6.45, 7) is 10.8. The van der Waals surface area contributed by atoms with Crippen LogP contribution in [-0.4, -0.2) is 71.9 Å². The minimum absolute atomic E-state index is 0.111. The zero-order chi connectivity index (χ0) is 33.4. The van der Waals surface area contributed by atoms with Crippen molar-refractivity contribution in [2.24, 2.45) is 0 Å². The lowest BCUT2D eigenvalue weighted by Crippen LogP contribution is -2.28. The average molecular weight is 656 g/mol. The normalized spacial score (nSPS) is 18.4. The quantitative estimate of drug-likeness (QED) is 0.194. The van der Waals surface area contributed by atoms with Crippen molar-refractivity contribution in [1.29, 1.82) is 0 Å². The monoisotopic (exact) mass is 655 g/mol. The summed E-state index contributed by atoms with van der Waals surface area (Å²) >= 11 is 0. The summed E-state index contributed by atoms with van der Waals surface area (Å²) in [5, 5.41) is 9.55. The number of nitrogens with zero attached hydrogens (tertiary/aromatic N) is 2. The van der Waals surface area contributed by atoms with E-state index in [9.17, 15) is 35.8 Å². The number of hydrogen-bond acceptors (Lipinski definition) is 8. The molecule has 0 saturated carbocycles. The first-order chi connectivity index (χ1) is 20.8. The third kappa shape index (κ3) is 7.63. The van der Waals surface area contributed by atoms with Gasteiger partial charge in [0.15, 0.2) is 5.71 Å². The van der Waals surface area contributed by atoms with Crippen LogP contribution in [0.3, 0.4) is 0 Å². The predicted molar refractivity (Wildman–Crippen MR) is 172 cm³/mol. The first-order valence-electron chi connectivity index (χ1n) is 14.7. The van der Waals surface area contributed by atoms with Crippen LogP contribution in [0.2, 0.25) is 0 Å². The highest BCUT2D eigenvalue weighted by atomic mass is 32.2. The van der Waals surface area contributed by atoms with E-state index in [1.54, 1.807) is 12.1 Å². The van der Waals surface area contributed by atoms with Crippen molar-refractivity contribution in [2.45, 2.75) is 58.3 Å². The highest BCUT2D eigenvalue weighted by Crippen LogP contribution is 2.48. The van der Waals surface area contributed by atoms with Crippen LogP contribution in [0.15, 0.2) is 72.5 Å². The molecule has 0 aliphatic carbocycles. The van der Waals surface area contributed by atoms with Gasteiger partial charge in [0.05, 0.1) is 31.2 Å². The number of rotatable bonds is 12. The van der Waals surface area contributed by atoms with Crippen LogP contribution in [-0.2, 0) is 31.1 Å². The van der Waals surface area contributed by atoms with Gasteiger partial charge in [0.2, 0.25) is 5.69 Å². The molecule has 2 aromatic rings. The van der Waals surface area contributed by atoms with E-state index in [-0.39, 0.29) is 30.4 Å². The van der Waals surface area contributed by atoms with Crippen LogP contribution >= 0.6 is 0 Å². The van der Waals surface area contributed by atoms with E-state index < -0.39 is 43.1 Å². The van der Waals surface area contributed by atoms with Crippen LogP contribution in [0.4, 0.5) is 11.4 Å². The molecule has 242 valence electrons. The van der Waals surface area contributed by atoms with E-state index in [0.29, 0.717) is 6.54 Å². The number of allylic oxidation sites excluding steroid dienone is 6. The molecular formula is C33H39N2O8S2-. The molecular weight excluding hydrogens is 617 g/mol. The number of carboxylic acids is 1. The number of hydrogen-bond donors (Lipinski definition) is 1. The van der Waals surface area contributed by atoms with Gasteiger partial charge < -0.3 is 19.1 Å². The summed E-state index contributed by atoms with van der Waals surface area (Å²) in [5.74, 6) is -2.00. The van der Waals surface area contributed by atoms with E-state index in [1.807, 2.05) is 67.9 Å². The van der Waals surface area contributed by atoms with E-state index in [1.165, 1.54) is 6.07 Å². The number of benzene rings is 2. The van der Waals surface area contributed by atoms with Crippen LogP contribution in [0.5, 0.6) is 0 Å². The molecule has 0 bridgehead atoms. The highest BCUT2D eigenvalue weighted by Gasteiger charge is 2.44. The molecule has 4 rings (SSSR count). The minimum atomic E-state index is -4.39. The summed E-state index contributed by atoms with van der Waals surface area (Å²) in [6.07, 6.45) is 9.76. The third-order valence-corrected chi connectivity index (χ3v) is 10.0. The maximum Gasteiger partial charge on any atom is 0.335 e. The van der Waals surface area contributed by atoms with Gasteiger partial charge >= 0.3 is 5.97 Å². The predicted octanol–water partition coefficient (Wildman–Crippen LogP) is 4.73. The van der Waals surface area contributed by atoms with Crippen molar-refractivity contribution < 1.29 is 40.4 Å². The fourth-order valence-electron chi connectivity index (χ4n) is 6.24. The Kier molecular flexibility index (Phi) is 9.65. The molecule has 0 spiro atoms. The van der Waals surface area contributed by atoms with Crippen molar-refractivity contribution in [1.82, 2.24) is 0 Å². The van der Waals surface area contributed by atoms with Gasteiger partial charge in [-0.1, -0.05) is 49.8 Å². The van der Waals surface area contributed by atoms with Crippen LogP contribution < -0.4 is 4.90 Å². The number of anilines is 1. The second kappa shape index (κ2) is 12.7. The SMILES string of the molecule is Cc1ccc2c(c1)C(C)(C)\C(=C/C=C/C=C/C1=[N+](CCCS(=O)(=O)[O-])c3ccc(C(=O)O)cc3C1(C)C)N2CCCS(=O)(=O)[O-]. The average Bonchev–Trinajstić information content (AvgIpc) is 3.25. The van der Waals surface area contributed by atoms with Gasteiger partial charge in [-0.15, -0.1) is 0 Å². The fourth-order valence-corrected chi connectivity index (χ4v) is 7.20. The van der Waals surface area contributed by atoms with E-state index in [0.717, 1.165) is 39.5 Å². The number of aryl methyl sites for hydroxylation is 1. The van der Waals surface area contributed by atoms with Crippen LogP contribution in [0.25, 0.3) is 0 Å². The second-order valence-corrected chi connectivity index (χ2v) is 15.6. The molecule has 0 unspecified atom stereocenters. The molecule has 12 heteroatoms. The topological polar surface area (TPSA) is 158 Å². The van der Waals surface area contributed by atoms with Gasteiger partial charge in [-0.25, -0.2) is 21.6 Å². The molecule has 10 nitrogen and oxygen atoms in total. The Morgan fingerprint density at radius 2 is 1.56 bits per heavy atom. The van der Waals surface area contributed by atoms with Gasteiger partial charge in [-0.05, 0) is 57.0 Å². The summed E-state index contributed by atoms with van der Waals surface area (Å²) in [5.41, 5.74) is 5.68. The van der Waals surface area contributed by atoms with Crippen molar-refractivity contribution >= 4 is 43.3 Å². The summed E-state index contributed by atoms with van der Waals surface area (Å²) in [6, 6.07) is 11.0. The van der Waals surface area contributed by atoms with Crippen molar-refractivity contribution in [3.8, 4) is 0 Å². The third-order valence-electron chi connectivity index (χ3n) is 8.47. The van der Waals surface area contributed by atoms with E-state index >= 15 is 0 Å². The van der Waals surface area contributed by atoms with Gasteiger partial charge in [0.25, 0.3) is 0 Å². The second-order valence-electron chi connectivity index (χ2n) is 12.5. The smallest absolute Gasteiger partial charge is 0.335 e. The molecule has 0 saturated heterocycles. The number of carbonyl (C=O) groups is 1.